The fraction of sp³-hybridized carbons (Fsp3) is 0.391. The van der Waals surface area contributed by atoms with Gasteiger partial charge < -0.3 is 15.3 Å². The maximum Gasteiger partial charge on any atom is 0.335 e. The number of benzene rings is 2. The summed E-state index contributed by atoms with van der Waals surface area (Å²) in [7, 11) is 0. The van der Waals surface area contributed by atoms with E-state index in [1.165, 1.54) is 0 Å². The molecule has 0 fully saturated rings. The minimum absolute atomic E-state index is 0.150. The van der Waals surface area contributed by atoms with Crippen LogP contribution in [0.2, 0.25) is 0 Å². The Balaban J connectivity index is 2.44. The minimum atomic E-state index is -1.02. The highest BCUT2D eigenvalue weighted by Gasteiger charge is 2.18. The van der Waals surface area contributed by atoms with Crippen molar-refractivity contribution in [2.24, 2.45) is 11.8 Å². The molecule has 2 N–H and O–H groups in total. The molecule has 0 saturated heterocycles. The van der Waals surface area contributed by atoms with Crippen LogP contribution in [0.1, 0.15) is 54.0 Å². The Hall–Kier alpha value is -2.82. The monoisotopic (exact) mass is 382 g/mol. The molecule has 28 heavy (non-hydrogen) atoms. The predicted molar refractivity (Wildman–Crippen MR) is 114 cm³/mol. The summed E-state index contributed by atoms with van der Waals surface area (Å²) in [6, 6.07) is 12.3. The summed E-state index contributed by atoms with van der Waals surface area (Å²) in [5.74, 6) is -0.408. The van der Waals surface area contributed by atoms with Gasteiger partial charge in [-0.1, -0.05) is 45.4 Å². The standard InChI is InChI=1S/C23H30N2O3/c1-15(2)13-25(14-16(3)4)21-10-9-19(23(27)28)12-20(21)24-22(26)18-8-6-7-17(5)11-18/h6-12,15-16H,13-14H2,1-5H3,(H,24,26)(H,27,28). The number of carboxylic acids is 1. The second kappa shape index (κ2) is 9.40. The zero-order chi connectivity index (χ0) is 20.8. The van der Waals surface area contributed by atoms with Crippen LogP contribution in [0.15, 0.2) is 42.5 Å². The number of hydrogen-bond acceptors (Lipinski definition) is 3. The van der Waals surface area contributed by atoms with Crippen molar-refractivity contribution in [3.8, 4) is 0 Å². The molecule has 0 unspecified atom stereocenters. The minimum Gasteiger partial charge on any atom is -0.478 e. The van der Waals surface area contributed by atoms with Crippen LogP contribution in [0.3, 0.4) is 0 Å². The zero-order valence-corrected chi connectivity index (χ0v) is 17.3. The SMILES string of the molecule is Cc1cccc(C(=O)Nc2cc(C(=O)O)ccc2N(CC(C)C)CC(C)C)c1. The van der Waals surface area contributed by atoms with Crippen LogP contribution in [0, 0.1) is 18.8 Å². The third-order valence-electron chi connectivity index (χ3n) is 4.28. The van der Waals surface area contributed by atoms with Gasteiger partial charge in [-0.15, -0.1) is 0 Å². The highest BCUT2D eigenvalue weighted by atomic mass is 16.4. The first-order valence-corrected chi connectivity index (χ1v) is 9.67. The Morgan fingerprint density at radius 1 is 0.964 bits per heavy atom. The van der Waals surface area contributed by atoms with Crippen LogP contribution in [0.25, 0.3) is 0 Å². The van der Waals surface area contributed by atoms with Gasteiger partial charge in [0, 0.05) is 18.7 Å². The quantitative estimate of drug-likeness (QED) is 0.669. The topological polar surface area (TPSA) is 69.6 Å². The first-order valence-electron chi connectivity index (χ1n) is 9.67. The molecule has 1 amide bonds. The first-order chi connectivity index (χ1) is 13.2. The number of aromatic carboxylic acids is 1. The van der Waals surface area contributed by atoms with Crippen molar-refractivity contribution in [3.63, 3.8) is 0 Å². The van der Waals surface area contributed by atoms with Gasteiger partial charge in [-0.05, 0) is 49.1 Å². The van der Waals surface area contributed by atoms with E-state index < -0.39 is 5.97 Å². The van der Waals surface area contributed by atoms with E-state index in [-0.39, 0.29) is 11.5 Å². The van der Waals surface area contributed by atoms with Gasteiger partial charge in [0.05, 0.1) is 16.9 Å². The van der Waals surface area contributed by atoms with E-state index in [9.17, 15) is 14.7 Å². The Labute approximate surface area is 167 Å². The van der Waals surface area contributed by atoms with Crippen molar-refractivity contribution in [2.45, 2.75) is 34.6 Å². The van der Waals surface area contributed by atoms with Crippen molar-refractivity contribution in [1.82, 2.24) is 0 Å². The second-order valence-corrected chi connectivity index (χ2v) is 8.05. The van der Waals surface area contributed by atoms with E-state index in [4.69, 9.17) is 0 Å². The molecule has 0 spiro atoms. The Kier molecular flexibility index (Phi) is 7.21. The van der Waals surface area contributed by atoms with Gasteiger partial charge in [-0.3, -0.25) is 4.79 Å². The van der Waals surface area contributed by atoms with Crippen LogP contribution in [0.4, 0.5) is 11.4 Å². The molecule has 0 heterocycles. The van der Waals surface area contributed by atoms with Gasteiger partial charge in [-0.2, -0.15) is 0 Å². The normalized spacial score (nSPS) is 11.0. The lowest BCUT2D eigenvalue weighted by Crippen LogP contribution is -2.32. The molecule has 2 aromatic carbocycles. The van der Waals surface area contributed by atoms with Crippen LogP contribution >= 0.6 is 0 Å². The van der Waals surface area contributed by atoms with Gasteiger partial charge >= 0.3 is 5.97 Å². The van der Waals surface area contributed by atoms with Crippen LogP contribution < -0.4 is 10.2 Å². The third-order valence-corrected chi connectivity index (χ3v) is 4.28. The van der Waals surface area contributed by atoms with Crippen LogP contribution in [0.5, 0.6) is 0 Å². The highest BCUT2D eigenvalue weighted by Crippen LogP contribution is 2.29. The van der Waals surface area contributed by atoms with E-state index in [1.807, 2.05) is 25.1 Å². The average Bonchev–Trinajstić information content (AvgIpc) is 2.60. The molecule has 0 bridgehead atoms. The number of carboxylic acid groups (broad SMARTS) is 1. The summed E-state index contributed by atoms with van der Waals surface area (Å²) in [6.07, 6.45) is 0. The molecule has 0 aliphatic carbocycles. The van der Waals surface area contributed by atoms with Gasteiger partial charge in [-0.25, -0.2) is 4.79 Å². The lowest BCUT2D eigenvalue weighted by molar-refractivity contribution is 0.0696. The van der Waals surface area contributed by atoms with E-state index in [0.29, 0.717) is 23.1 Å². The average molecular weight is 383 g/mol. The van der Waals surface area contributed by atoms with E-state index in [1.54, 1.807) is 24.3 Å². The van der Waals surface area contributed by atoms with Gasteiger partial charge in [0.25, 0.3) is 5.91 Å². The van der Waals surface area contributed by atoms with Crippen LogP contribution in [-0.2, 0) is 0 Å². The summed E-state index contributed by atoms with van der Waals surface area (Å²) in [5.41, 5.74) is 3.05. The van der Waals surface area contributed by atoms with Crippen molar-refractivity contribution >= 4 is 23.3 Å². The molecule has 5 nitrogen and oxygen atoms in total. The molecule has 5 heteroatoms. The van der Waals surface area contributed by atoms with Crippen molar-refractivity contribution in [3.05, 3.63) is 59.2 Å². The number of carbonyl (C=O) groups is 2. The summed E-state index contributed by atoms with van der Waals surface area (Å²) >= 11 is 0. The summed E-state index contributed by atoms with van der Waals surface area (Å²) in [4.78, 5) is 26.5. The van der Waals surface area contributed by atoms with Crippen LogP contribution in [-0.4, -0.2) is 30.1 Å². The largest absolute Gasteiger partial charge is 0.478 e. The number of anilines is 2. The van der Waals surface area contributed by atoms with E-state index in [0.717, 1.165) is 24.3 Å². The lowest BCUT2D eigenvalue weighted by atomic mass is 10.1. The van der Waals surface area contributed by atoms with Gasteiger partial charge in [0.2, 0.25) is 0 Å². The van der Waals surface area contributed by atoms with Gasteiger partial charge in [0.1, 0.15) is 0 Å². The lowest BCUT2D eigenvalue weighted by Gasteiger charge is -2.30. The number of nitrogens with zero attached hydrogens (tertiary/aromatic N) is 1. The number of amides is 1. The molecular formula is C23H30N2O3. The van der Waals surface area contributed by atoms with Crippen molar-refractivity contribution in [2.75, 3.05) is 23.3 Å². The van der Waals surface area contributed by atoms with E-state index in [2.05, 4.69) is 37.9 Å². The fourth-order valence-corrected chi connectivity index (χ4v) is 3.18. The second-order valence-electron chi connectivity index (χ2n) is 8.05. The number of rotatable bonds is 8. The molecule has 0 aromatic heterocycles. The number of hydrogen-bond donors (Lipinski definition) is 2. The van der Waals surface area contributed by atoms with Crippen molar-refractivity contribution in [1.29, 1.82) is 0 Å². The zero-order valence-electron chi connectivity index (χ0n) is 17.3. The Morgan fingerprint density at radius 2 is 1.61 bits per heavy atom. The molecular weight excluding hydrogens is 352 g/mol. The first kappa shape index (κ1) is 21.5. The number of nitrogens with one attached hydrogen (secondary N) is 1. The highest BCUT2D eigenvalue weighted by molar-refractivity contribution is 6.06. The molecule has 0 radical (unpaired) electrons. The molecule has 150 valence electrons. The number of carbonyl (C=O) groups excluding carboxylic acids is 1. The van der Waals surface area contributed by atoms with Crippen molar-refractivity contribution < 1.29 is 14.7 Å². The molecule has 0 atom stereocenters. The molecule has 2 aromatic rings. The summed E-state index contributed by atoms with van der Waals surface area (Å²) in [6.45, 7) is 12.1. The third kappa shape index (κ3) is 5.84. The fourth-order valence-electron chi connectivity index (χ4n) is 3.18. The number of aryl methyl sites for hydroxylation is 1. The Morgan fingerprint density at radius 3 is 2.14 bits per heavy atom. The molecule has 0 aliphatic rings. The molecule has 2 rings (SSSR count). The summed E-state index contributed by atoms with van der Waals surface area (Å²) < 4.78 is 0. The van der Waals surface area contributed by atoms with E-state index >= 15 is 0 Å². The summed E-state index contributed by atoms with van der Waals surface area (Å²) in [5, 5.41) is 12.3. The smallest absolute Gasteiger partial charge is 0.335 e. The predicted octanol–water partition coefficient (Wildman–Crippen LogP) is 5.06. The van der Waals surface area contributed by atoms with Gasteiger partial charge in [0.15, 0.2) is 0 Å². The maximum absolute atomic E-state index is 12.8. The Bertz CT molecular complexity index is 833. The molecule has 0 saturated carbocycles. The molecule has 0 aliphatic heterocycles. The maximum atomic E-state index is 12.8.